The van der Waals surface area contributed by atoms with Gasteiger partial charge >= 0.3 is 0 Å². The van der Waals surface area contributed by atoms with Crippen molar-refractivity contribution in [2.75, 3.05) is 0 Å². The number of hydrogen-bond acceptors (Lipinski definition) is 2. The fourth-order valence-electron chi connectivity index (χ4n) is 2.00. The third-order valence-corrected chi connectivity index (χ3v) is 3.05. The van der Waals surface area contributed by atoms with Crippen LogP contribution in [-0.2, 0) is 13.0 Å². The van der Waals surface area contributed by atoms with Crippen molar-refractivity contribution >= 4 is 0 Å². The molecule has 1 aromatic heterocycles. The zero-order valence-electron chi connectivity index (χ0n) is 8.03. The van der Waals surface area contributed by atoms with Crippen molar-refractivity contribution in [1.29, 1.82) is 0 Å². The van der Waals surface area contributed by atoms with E-state index < -0.39 is 0 Å². The van der Waals surface area contributed by atoms with Gasteiger partial charge in [0.1, 0.15) is 5.82 Å². The summed E-state index contributed by atoms with van der Waals surface area (Å²) >= 11 is 0. The fraction of sp³-hybridized carbons (Fsp3) is 0.800. The number of hydrogen-bond donors (Lipinski definition) is 0. The van der Waals surface area contributed by atoms with Crippen molar-refractivity contribution in [3.8, 4) is 0 Å². The molecule has 2 aliphatic rings. The van der Waals surface area contributed by atoms with Crippen LogP contribution in [0.3, 0.4) is 0 Å². The van der Waals surface area contributed by atoms with Crippen molar-refractivity contribution in [3.05, 3.63) is 11.6 Å². The van der Waals surface area contributed by atoms with Crippen molar-refractivity contribution < 1.29 is 0 Å². The van der Waals surface area contributed by atoms with Gasteiger partial charge in [-0.15, -0.1) is 0 Å². The number of nitrogens with zero attached hydrogens (tertiary/aromatic N) is 3. The quantitative estimate of drug-likeness (QED) is 0.654. The molecule has 0 N–H and O–H groups in total. The van der Waals surface area contributed by atoms with E-state index in [1.165, 1.54) is 25.1 Å². The molecule has 0 amide bonds. The Labute approximate surface area is 78.2 Å². The average Bonchev–Trinajstić information content (AvgIpc) is 2.87. The van der Waals surface area contributed by atoms with Crippen molar-refractivity contribution in [2.24, 2.45) is 5.92 Å². The van der Waals surface area contributed by atoms with Gasteiger partial charge in [0, 0.05) is 18.9 Å². The van der Waals surface area contributed by atoms with E-state index in [2.05, 4.69) is 21.7 Å². The highest BCUT2D eigenvalue weighted by molar-refractivity contribution is 5.07. The van der Waals surface area contributed by atoms with E-state index in [-0.39, 0.29) is 0 Å². The molecule has 13 heavy (non-hydrogen) atoms. The number of rotatable bonds is 1. The van der Waals surface area contributed by atoms with Gasteiger partial charge in [-0.2, -0.15) is 5.10 Å². The lowest BCUT2D eigenvalue weighted by molar-refractivity contribution is 0.367. The predicted molar refractivity (Wildman–Crippen MR) is 49.5 cm³/mol. The highest BCUT2D eigenvalue weighted by Gasteiger charge is 2.29. The number of aromatic nitrogens is 3. The summed E-state index contributed by atoms with van der Waals surface area (Å²) in [6, 6.07) is 0. The van der Waals surface area contributed by atoms with E-state index >= 15 is 0 Å². The minimum absolute atomic E-state index is 0.702. The average molecular weight is 177 g/mol. The number of fused-ring (bicyclic) bond motifs is 1. The maximum absolute atomic E-state index is 4.60. The highest BCUT2D eigenvalue weighted by atomic mass is 15.4. The van der Waals surface area contributed by atoms with Crippen LogP contribution < -0.4 is 0 Å². The molecule has 2 heterocycles. The Morgan fingerprint density at radius 2 is 2.15 bits per heavy atom. The summed E-state index contributed by atoms with van der Waals surface area (Å²) in [6.45, 7) is 3.37. The first-order valence-corrected chi connectivity index (χ1v) is 5.26. The van der Waals surface area contributed by atoms with Gasteiger partial charge in [-0.3, -0.25) is 0 Å². The molecule has 3 rings (SSSR count). The summed E-state index contributed by atoms with van der Waals surface area (Å²) in [4.78, 5) is 4.60. The smallest absolute Gasteiger partial charge is 0.154 e. The number of aryl methyl sites for hydroxylation is 1. The van der Waals surface area contributed by atoms with Crippen LogP contribution in [0.5, 0.6) is 0 Å². The Hall–Kier alpha value is -0.860. The lowest BCUT2D eigenvalue weighted by Gasteiger charge is -2.17. The fourth-order valence-corrected chi connectivity index (χ4v) is 2.00. The maximum atomic E-state index is 4.60. The second kappa shape index (κ2) is 2.56. The van der Waals surface area contributed by atoms with Crippen LogP contribution in [0.25, 0.3) is 0 Å². The van der Waals surface area contributed by atoms with Crippen LogP contribution >= 0.6 is 0 Å². The molecule has 0 saturated heterocycles. The summed E-state index contributed by atoms with van der Waals surface area (Å²) in [5, 5.41) is 4.57. The molecular weight excluding hydrogens is 162 g/mol. The highest BCUT2D eigenvalue weighted by Crippen LogP contribution is 2.38. The van der Waals surface area contributed by atoms with E-state index in [4.69, 9.17) is 0 Å². The molecule has 0 bridgehead atoms. The molecule has 1 aliphatic heterocycles. The summed E-state index contributed by atoms with van der Waals surface area (Å²) in [5.41, 5.74) is 0. The second-order valence-corrected chi connectivity index (χ2v) is 4.49. The minimum atomic E-state index is 0.702. The Morgan fingerprint density at radius 3 is 2.92 bits per heavy atom. The second-order valence-electron chi connectivity index (χ2n) is 4.49. The van der Waals surface area contributed by atoms with Gasteiger partial charge in [0.25, 0.3) is 0 Å². The zero-order chi connectivity index (χ0) is 8.84. The van der Waals surface area contributed by atoms with Crippen LogP contribution in [0.15, 0.2) is 0 Å². The molecule has 1 fully saturated rings. The zero-order valence-corrected chi connectivity index (χ0v) is 8.03. The molecule has 0 radical (unpaired) electrons. The molecule has 0 aromatic carbocycles. The van der Waals surface area contributed by atoms with Crippen LogP contribution in [0.1, 0.15) is 43.8 Å². The van der Waals surface area contributed by atoms with Gasteiger partial charge in [-0.05, 0) is 25.2 Å². The third kappa shape index (κ3) is 1.26. The first kappa shape index (κ1) is 7.54. The van der Waals surface area contributed by atoms with Gasteiger partial charge in [-0.25, -0.2) is 9.67 Å². The summed E-state index contributed by atoms with van der Waals surface area (Å²) in [7, 11) is 0. The monoisotopic (exact) mass is 177 g/mol. The lowest BCUT2D eigenvalue weighted by atomic mass is 10.0. The van der Waals surface area contributed by atoms with E-state index in [0.29, 0.717) is 5.92 Å². The third-order valence-electron chi connectivity index (χ3n) is 3.05. The molecule has 1 saturated carbocycles. The molecule has 3 heteroatoms. The SMILES string of the molecule is CC1CCc2nc(C3CC3)nn2C1. The predicted octanol–water partition coefficient (Wildman–Crippen LogP) is 1.74. The molecule has 1 aromatic rings. The first-order valence-electron chi connectivity index (χ1n) is 5.26. The maximum Gasteiger partial charge on any atom is 0.154 e. The van der Waals surface area contributed by atoms with Gasteiger partial charge < -0.3 is 0 Å². The molecule has 1 unspecified atom stereocenters. The normalized spacial score (nSPS) is 27.3. The Morgan fingerprint density at radius 1 is 1.31 bits per heavy atom. The molecule has 3 nitrogen and oxygen atoms in total. The first-order chi connectivity index (χ1) is 6.33. The van der Waals surface area contributed by atoms with E-state index in [9.17, 15) is 0 Å². The van der Waals surface area contributed by atoms with Crippen LogP contribution in [-0.4, -0.2) is 14.8 Å². The topological polar surface area (TPSA) is 30.7 Å². The Kier molecular flexibility index (Phi) is 1.49. The summed E-state index contributed by atoms with van der Waals surface area (Å²) in [6.07, 6.45) is 5.02. The van der Waals surface area contributed by atoms with Crippen molar-refractivity contribution in [3.63, 3.8) is 0 Å². The molecule has 1 atom stereocenters. The van der Waals surface area contributed by atoms with Crippen LogP contribution in [0, 0.1) is 5.92 Å². The van der Waals surface area contributed by atoms with Gasteiger partial charge in [0.2, 0.25) is 0 Å². The Balaban J connectivity index is 1.93. The van der Waals surface area contributed by atoms with E-state index in [0.717, 1.165) is 24.7 Å². The minimum Gasteiger partial charge on any atom is -0.250 e. The van der Waals surface area contributed by atoms with Gasteiger partial charge in [-0.1, -0.05) is 6.92 Å². The molecule has 1 aliphatic carbocycles. The van der Waals surface area contributed by atoms with Crippen molar-refractivity contribution in [2.45, 2.75) is 45.1 Å². The van der Waals surface area contributed by atoms with Crippen LogP contribution in [0.4, 0.5) is 0 Å². The summed E-state index contributed by atoms with van der Waals surface area (Å²) < 4.78 is 2.13. The largest absolute Gasteiger partial charge is 0.250 e. The van der Waals surface area contributed by atoms with Gasteiger partial charge in [0.15, 0.2) is 5.82 Å². The van der Waals surface area contributed by atoms with E-state index in [1.807, 2.05) is 0 Å². The molecule has 70 valence electrons. The standard InChI is InChI=1S/C10H15N3/c1-7-2-5-9-11-10(8-3-4-8)12-13(9)6-7/h7-8H,2-6H2,1H3. The molecule has 0 spiro atoms. The lowest BCUT2D eigenvalue weighted by Crippen LogP contribution is -2.18. The Bertz CT molecular complexity index is 325. The van der Waals surface area contributed by atoms with Crippen LogP contribution in [0.2, 0.25) is 0 Å². The van der Waals surface area contributed by atoms with E-state index in [1.54, 1.807) is 0 Å². The van der Waals surface area contributed by atoms with Crippen molar-refractivity contribution in [1.82, 2.24) is 14.8 Å². The van der Waals surface area contributed by atoms with Gasteiger partial charge in [0.05, 0.1) is 0 Å². The summed E-state index contributed by atoms with van der Waals surface area (Å²) in [5.74, 6) is 3.82. The molecular formula is C10H15N3.